The van der Waals surface area contributed by atoms with Crippen LogP contribution in [-0.4, -0.2) is 41.6 Å². The SMILES string of the molecule is Cc1c(C#N)nn(-c2cccnc2)c1NS(=O)(=O)N(C)C. The lowest BCUT2D eigenvalue weighted by atomic mass is 10.3. The van der Waals surface area contributed by atoms with E-state index in [1.54, 1.807) is 25.3 Å². The van der Waals surface area contributed by atoms with Crippen molar-refractivity contribution in [3.8, 4) is 11.8 Å². The van der Waals surface area contributed by atoms with Crippen LogP contribution < -0.4 is 4.72 Å². The number of hydrogen-bond acceptors (Lipinski definition) is 5. The standard InChI is InChI=1S/C12H14N6O2S/c1-9-11(7-13)15-18(10-5-4-6-14-8-10)12(9)16-21(19,20)17(2)3/h4-6,8,16H,1-3H3. The molecule has 2 aromatic rings. The fourth-order valence-corrected chi connectivity index (χ4v) is 2.27. The monoisotopic (exact) mass is 306 g/mol. The maximum Gasteiger partial charge on any atom is 0.302 e. The Bertz CT molecular complexity index is 789. The van der Waals surface area contributed by atoms with Crippen LogP contribution in [0.2, 0.25) is 0 Å². The Morgan fingerprint density at radius 2 is 2.14 bits per heavy atom. The van der Waals surface area contributed by atoms with E-state index in [1.807, 2.05) is 6.07 Å². The smallest absolute Gasteiger partial charge is 0.262 e. The molecule has 0 saturated carbocycles. The number of aromatic nitrogens is 3. The van der Waals surface area contributed by atoms with E-state index in [0.29, 0.717) is 11.3 Å². The zero-order valence-electron chi connectivity index (χ0n) is 11.8. The molecular weight excluding hydrogens is 292 g/mol. The van der Waals surface area contributed by atoms with Gasteiger partial charge >= 0.3 is 10.2 Å². The average Bonchev–Trinajstić information content (AvgIpc) is 2.76. The highest BCUT2D eigenvalue weighted by molar-refractivity contribution is 7.90. The minimum atomic E-state index is -3.71. The summed E-state index contributed by atoms with van der Waals surface area (Å²) in [5.41, 5.74) is 1.15. The molecule has 0 saturated heterocycles. The van der Waals surface area contributed by atoms with E-state index in [9.17, 15) is 8.42 Å². The van der Waals surface area contributed by atoms with Crippen molar-refractivity contribution >= 4 is 16.0 Å². The van der Waals surface area contributed by atoms with Crippen LogP contribution in [0, 0.1) is 18.3 Å². The number of nitrogens with one attached hydrogen (secondary N) is 1. The Morgan fingerprint density at radius 1 is 1.43 bits per heavy atom. The zero-order chi connectivity index (χ0) is 15.6. The second kappa shape index (κ2) is 5.51. The topological polar surface area (TPSA) is 104 Å². The van der Waals surface area contributed by atoms with Gasteiger partial charge in [0.05, 0.1) is 11.9 Å². The average molecular weight is 306 g/mol. The van der Waals surface area contributed by atoms with Crippen molar-refractivity contribution in [3.63, 3.8) is 0 Å². The summed E-state index contributed by atoms with van der Waals surface area (Å²) in [6.45, 7) is 1.63. The molecule has 8 nitrogen and oxygen atoms in total. The number of anilines is 1. The third-order valence-corrected chi connectivity index (χ3v) is 4.24. The van der Waals surface area contributed by atoms with Crippen LogP contribution in [0.4, 0.5) is 5.82 Å². The minimum absolute atomic E-state index is 0.148. The molecule has 0 aliphatic heterocycles. The van der Waals surface area contributed by atoms with Gasteiger partial charge in [0.1, 0.15) is 11.9 Å². The molecule has 0 spiro atoms. The molecule has 110 valence electrons. The van der Waals surface area contributed by atoms with Crippen LogP contribution in [0.15, 0.2) is 24.5 Å². The summed E-state index contributed by atoms with van der Waals surface area (Å²) >= 11 is 0. The summed E-state index contributed by atoms with van der Waals surface area (Å²) in [7, 11) is -0.886. The molecule has 0 atom stereocenters. The quantitative estimate of drug-likeness (QED) is 0.894. The highest BCUT2D eigenvalue weighted by atomic mass is 32.2. The molecule has 0 fully saturated rings. The lowest BCUT2D eigenvalue weighted by Crippen LogP contribution is -2.30. The maximum atomic E-state index is 12.0. The Morgan fingerprint density at radius 3 is 2.67 bits per heavy atom. The molecular formula is C12H14N6O2S. The lowest BCUT2D eigenvalue weighted by Gasteiger charge is -2.15. The minimum Gasteiger partial charge on any atom is -0.262 e. The van der Waals surface area contributed by atoms with Crippen molar-refractivity contribution < 1.29 is 8.42 Å². The zero-order valence-corrected chi connectivity index (χ0v) is 12.6. The highest BCUT2D eigenvalue weighted by Crippen LogP contribution is 2.23. The van der Waals surface area contributed by atoms with Crippen LogP contribution in [0.5, 0.6) is 0 Å². The number of rotatable bonds is 4. The lowest BCUT2D eigenvalue weighted by molar-refractivity contribution is 0.526. The van der Waals surface area contributed by atoms with Crippen molar-refractivity contribution in [2.24, 2.45) is 0 Å². The summed E-state index contributed by atoms with van der Waals surface area (Å²) < 4.78 is 28.8. The third-order valence-electron chi connectivity index (χ3n) is 2.82. The van der Waals surface area contributed by atoms with E-state index in [4.69, 9.17) is 5.26 Å². The van der Waals surface area contributed by atoms with Crippen molar-refractivity contribution in [1.29, 1.82) is 5.26 Å². The molecule has 0 amide bonds. The van der Waals surface area contributed by atoms with Crippen molar-refractivity contribution in [3.05, 3.63) is 35.8 Å². The summed E-state index contributed by atoms with van der Waals surface area (Å²) in [6, 6.07) is 5.35. The number of nitrogens with zero attached hydrogens (tertiary/aromatic N) is 5. The molecule has 0 bridgehead atoms. The third kappa shape index (κ3) is 2.86. The van der Waals surface area contributed by atoms with Crippen LogP contribution in [0.1, 0.15) is 11.3 Å². The van der Waals surface area contributed by atoms with Gasteiger partial charge in [0.2, 0.25) is 0 Å². The molecule has 2 aromatic heterocycles. The summed E-state index contributed by atoms with van der Waals surface area (Å²) in [4.78, 5) is 3.97. The van der Waals surface area contributed by atoms with E-state index in [-0.39, 0.29) is 11.5 Å². The molecule has 9 heteroatoms. The van der Waals surface area contributed by atoms with Crippen LogP contribution in [0.3, 0.4) is 0 Å². The molecule has 0 aromatic carbocycles. The molecule has 21 heavy (non-hydrogen) atoms. The molecule has 0 aliphatic rings. The van der Waals surface area contributed by atoms with Gasteiger partial charge in [-0.15, -0.1) is 0 Å². The Labute approximate surface area is 122 Å². The van der Waals surface area contributed by atoms with Gasteiger partial charge in [-0.2, -0.15) is 23.1 Å². The summed E-state index contributed by atoms with van der Waals surface area (Å²) in [5.74, 6) is 0.216. The molecule has 2 heterocycles. The summed E-state index contributed by atoms with van der Waals surface area (Å²) in [5, 5.41) is 13.2. The van der Waals surface area contributed by atoms with Crippen molar-refractivity contribution in [2.45, 2.75) is 6.92 Å². The highest BCUT2D eigenvalue weighted by Gasteiger charge is 2.22. The van der Waals surface area contributed by atoms with Crippen molar-refractivity contribution in [2.75, 3.05) is 18.8 Å². The molecule has 0 radical (unpaired) electrons. The largest absolute Gasteiger partial charge is 0.302 e. The Kier molecular flexibility index (Phi) is 3.93. The number of nitriles is 1. The van der Waals surface area contributed by atoms with Gasteiger partial charge in [0.25, 0.3) is 0 Å². The summed E-state index contributed by atoms with van der Waals surface area (Å²) in [6.07, 6.45) is 3.12. The first-order valence-corrected chi connectivity index (χ1v) is 7.41. The first-order valence-electron chi connectivity index (χ1n) is 5.97. The van der Waals surface area contributed by atoms with E-state index in [1.165, 1.54) is 25.0 Å². The predicted octanol–water partition coefficient (Wildman–Crippen LogP) is 0.666. The second-order valence-electron chi connectivity index (χ2n) is 4.45. The van der Waals surface area contributed by atoms with Gasteiger partial charge in [-0.1, -0.05) is 0 Å². The fraction of sp³-hybridized carbons (Fsp3) is 0.250. The van der Waals surface area contributed by atoms with E-state index >= 15 is 0 Å². The van der Waals surface area contributed by atoms with E-state index < -0.39 is 10.2 Å². The fourth-order valence-electron chi connectivity index (χ4n) is 1.60. The van der Waals surface area contributed by atoms with E-state index in [0.717, 1.165) is 4.31 Å². The Balaban J connectivity index is 2.60. The van der Waals surface area contributed by atoms with Crippen LogP contribution in [-0.2, 0) is 10.2 Å². The van der Waals surface area contributed by atoms with Gasteiger partial charge < -0.3 is 0 Å². The van der Waals surface area contributed by atoms with Crippen LogP contribution in [0.25, 0.3) is 5.69 Å². The van der Waals surface area contributed by atoms with Gasteiger partial charge in [-0.25, -0.2) is 4.68 Å². The normalized spacial score (nSPS) is 11.4. The number of pyridine rings is 1. The maximum absolute atomic E-state index is 12.0. The molecule has 0 unspecified atom stereocenters. The molecule has 2 rings (SSSR count). The first kappa shape index (κ1) is 15.0. The van der Waals surface area contributed by atoms with Crippen molar-refractivity contribution in [1.82, 2.24) is 19.1 Å². The van der Waals surface area contributed by atoms with Gasteiger partial charge in [0.15, 0.2) is 5.69 Å². The predicted molar refractivity (Wildman–Crippen MR) is 77.0 cm³/mol. The molecule has 1 N–H and O–H groups in total. The van der Waals surface area contributed by atoms with Gasteiger partial charge in [-0.3, -0.25) is 9.71 Å². The Hall–Kier alpha value is -2.44. The van der Waals surface area contributed by atoms with Gasteiger partial charge in [0, 0.05) is 25.9 Å². The van der Waals surface area contributed by atoms with Gasteiger partial charge in [-0.05, 0) is 19.1 Å². The number of hydrogen-bond donors (Lipinski definition) is 1. The molecule has 0 aliphatic carbocycles. The van der Waals surface area contributed by atoms with E-state index in [2.05, 4.69) is 14.8 Å². The second-order valence-corrected chi connectivity index (χ2v) is 6.33. The van der Waals surface area contributed by atoms with Crippen LogP contribution >= 0.6 is 0 Å². The first-order chi connectivity index (χ1) is 9.86.